The molecule has 2 amide bonds. The summed E-state index contributed by atoms with van der Waals surface area (Å²) in [6, 6.07) is 0.210. The first-order valence-electron chi connectivity index (χ1n) is 7.90. The normalized spacial score (nSPS) is 23.6. The summed E-state index contributed by atoms with van der Waals surface area (Å²) in [5.41, 5.74) is 0. The highest BCUT2D eigenvalue weighted by Crippen LogP contribution is 2.14. The second-order valence-electron chi connectivity index (χ2n) is 6.27. The van der Waals surface area contributed by atoms with Crippen LogP contribution in [0.3, 0.4) is 0 Å². The molecular weight excluding hydrogens is 290 g/mol. The number of nitrogens with zero attached hydrogens (tertiary/aromatic N) is 1. The minimum absolute atomic E-state index is 0. The monoisotopic (exact) mass is 317 g/mol. The van der Waals surface area contributed by atoms with Crippen LogP contribution < -0.4 is 10.6 Å². The van der Waals surface area contributed by atoms with E-state index in [0.29, 0.717) is 0 Å². The summed E-state index contributed by atoms with van der Waals surface area (Å²) in [5, 5.41) is 6.41. The van der Waals surface area contributed by atoms with Crippen molar-refractivity contribution in [2.45, 2.75) is 58.0 Å². The van der Waals surface area contributed by atoms with E-state index in [2.05, 4.69) is 10.6 Å². The number of piperidine rings is 2. The van der Waals surface area contributed by atoms with Gasteiger partial charge in [0.2, 0.25) is 11.8 Å². The number of hydrogen-bond acceptors (Lipinski definition) is 3. The molecule has 5 nitrogen and oxygen atoms in total. The summed E-state index contributed by atoms with van der Waals surface area (Å²) in [6.45, 7) is 6.34. The average molecular weight is 318 g/mol. The largest absolute Gasteiger partial charge is 0.352 e. The first kappa shape index (κ1) is 18.2. The summed E-state index contributed by atoms with van der Waals surface area (Å²) in [6.07, 6.45) is 4.98. The molecule has 21 heavy (non-hydrogen) atoms. The highest BCUT2D eigenvalue weighted by molar-refractivity contribution is 5.85. The van der Waals surface area contributed by atoms with E-state index in [1.54, 1.807) is 0 Å². The molecule has 2 aliphatic heterocycles. The van der Waals surface area contributed by atoms with Crippen molar-refractivity contribution in [3.63, 3.8) is 0 Å². The molecule has 0 unspecified atom stereocenters. The van der Waals surface area contributed by atoms with Gasteiger partial charge in [-0.1, -0.05) is 20.3 Å². The lowest BCUT2D eigenvalue weighted by Crippen LogP contribution is -2.53. The van der Waals surface area contributed by atoms with Crippen LogP contribution in [-0.4, -0.2) is 48.4 Å². The molecular formula is C15H28ClN3O2. The Morgan fingerprint density at radius 1 is 1.14 bits per heavy atom. The van der Waals surface area contributed by atoms with Gasteiger partial charge in [0.1, 0.15) is 0 Å². The molecule has 1 atom stereocenters. The number of carbonyl (C=O) groups is 2. The van der Waals surface area contributed by atoms with E-state index in [4.69, 9.17) is 0 Å². The van der Waals surface area contributed by atoms with Crippen LogP contribution in [0.5, 0.6) is 0 Å². The van der Waals surface area contributed by atoms with Gasteiger partial charge in [-0.2, -0.15) is 0 Å². The van der Waals surface area contributed by atoms with E-state index >= 15 is 0 Å². The molecule has 0 aromatic carbocycles. The number of amides is 2. The van der Waals surface area contributed by atoms with Crippen molar-refractivity contribution in [1.29, 1.82) is 0 Å². The topological polar surface area (TPSA) is 61.4 Å². The molecule has 2 rings (SSSR count). The van der Waals surface area contributed by atoms with E-state index in [9.17, 15) is 9.59 Å². The van der Waals surface area contributed by atoms with Crippen molar-refractivity contribution in [1.82, 2.24) is 15.5 Å². The summed E-state index contributed by atoms with van der Waals surface area (Å²) >= 11 is 0. The van der Waals surface area contributed by atoms with Gasteiger partial charge in [-0.25, -0.2) is 0 Å². The fraction of sp³-hybridized carbons (Fsp3) is 0.867. The molecule has 2 fully saturated rings. The van der Waals surface area contributed by atoms with E-state index in [1.807, 2.05) is 18.7 Å². The van der Waals surface area contributed by atoms with E-state index in [-0.39, 0.29) is 42.2 Å². The van der Waals surface area contributed by atoms with Gasteiger partial charge in [0.25, 0.3) is 0 Å². The fourth-order valence-electron chi connectivity index (χ4n) is 2.99. The zero-order chi connectivity index (χ0) is 14.5. The van der Waals surface area contributed by atoms with Gasteiger partial charge in [0, 0.05) is 25.0 Å². The maximum Gasteiger partial charge on any atom is 0.237 e. The number of hydrogen-bond donors (Lipinski definition) is 2. The molecule has 2 N–H and O–H groups in total. The Morgan fingerprint density at radius 2 is 1.81 bits per heavy atom. The summed E-state index contributed by atoms with van der Waals surface area (Å²) in [5.74, 6) is 0.426. The van der Waals surface area contributed by atoms with Crippen LogP contribution in [0.2, 0.25) is 0 Å². The van der Waals surface area contributed by atoms with E-state index in [1.165, 1.54) is 6.42 Å². The Hall–Kier alpha value is -0.810. The molecule has 0 radical (unpaired) electrons. The predicted octanol–water partition coefficient (Wildman–Crippen LogP) is 1.31. The molecule has 2 heterocycles. The quantitative estimate of drug-likeness (QED) is 0.825. The number of likely N-dealkylation sites (tertiary alicyclic amines) is 1. The van der Waals surface area contributed by atoms with Gasteiger partial charge in [0.15, 0.2) is 0 Å². The number of rotatable bonds is 3. The standard InChI is InChI=1S/C15H27N3O2.ClH/c1-11(2)15(20)18-9-6-12(7-10-18)17-14(19)13-5-3-4-8-16-13;/h11-13,16H,3-10H2,1-2H3,(H,17,19);1H/t13-;/m0./s1. The van der Waals surface area contributed by atoms with Crippen molar-refractivity contribution in [3.8, 4) is 0 Å². The molecule has 0 aromatic heterocycles. The third-order valence-electron chi connectivity index (χ3n) is 4.27. The van der Waals surface area contributed by atoms with Crippen LogP contribution in [0.25, 0.3) is 0 Å². The molecule has 0 saturated carbocycles. The van der Waals surface area contributed by atoms with E-state index in [0.717, 1.165) is 45.3 Å². The zero-order valence-corrected chi connectivity index (χ0v) is 13.9. The lowest BCUT2D eigenvalue weighted by molar-refractivity contribution is -0.135. The maximum atomic E-state index is 12.1. The molecule has 0 spiro atoms. The smallest absolute Gasteiger partial charge is 0.237 e. The van der Waals surface area contributed by atoms with Crippen LogP contribution in [-0.2, 0) is 9.59 Å². The first-order valence-corrected chi connectivity index (χ1v) is 7.90. The van der Waals surface area contributed by atoms with Gasteiger partial charge in [-0.3, -0.25) is 9.59 Å². The van der Waals surface area contributed by atoms with E-state index < -0.39 is 0 Å². The predicted molar refractivity (Wildman–Crippen MR) is 85.5 cm³/mol. The lowest BCUT2D eigenvalue weighted by Gasteiger charge is -2.34. The second-order valence-corrected chi connectivity index (χ2v) is 6.27. The van der Waals surface area contributed by atoms with Crippen molar-refractivity contribution in [2.75, 3.05) is 19.6 Å². The van der Waals surface area contributed by atoms with Crippen molar-refractivity contribution in [3.05, 3.63) is 0 Å². The van der Waals surface area contributed by atoms with Crippen LogP contribution in [0.1, 0.15) is 46.0 Å². The van der Waals surface area contributed by atoms with Crippen LogP contribution >= 0.6 is 12.4 Å². The molecule has 0 bridgehead atoms. The van der Waals surface area contributed by atoms with Crippen molar-refractivity contribution >= 4 is 24.2 Å². The Balaban J connectivity index is 0.00000220. The first-order chi connectivity index (χ1) is 9.58. The highest BCUT2D eigenvalue weighted by Gasteiger charge is 2.27. The van der Waals surface area contributed by atoms with Crippen molar-refractivity contribution < 1.29 is 9.59 Å². The maximum absolute atomic E-state index is 12.1. The molecule has 6 heteroatoms. The second kappa shape index (κ2) is 8.59. The Morgan fingerprint density at radius 3 is 2.33 bits per heavy atom. The number of carbonyl (C=O) groups excluding carboxylic acids is 2. The summed E-state index contributed by atoms with van der Waals surface area (Å²) in [4.78, 5) is 26.0. The molecule has 2 aliphatic rings. The molecule has 0 aliphatic carbocycles. The third kappa shape index (κ3) is 5.15. The van der Waals surface area contributed by atoms with Gasteiger partial charge < -0.3 is 15.5 Å². The zero-order valence-electron chi connectivity index (χ0n) is 13.1. The van der Waals surface area contributed by atoms with Gasteiger partial charge >= 0.3 is 0 Å². The highest BCUT2D eigenvalue weighted by atomic mass is 35.5. The van der Waals surface area contributed by atoms with Crippen LogP contribution in [0.15, 0.2) is 0 Å². The Kier molecular flexibility index (Phi) is 7.46. The molecule has 122 valence electrons. The fourth-order valence-corrected chi connectivity index (χ4v) is 2.99. The third-order valence-corrected chi connectivity index (χ3v) is 4.27. The number of halogens is 1. The van der Waals surface area contributed by atoms with Gasteiger partial charge in [-0.15, -0.1) is 12.4 Å². The average Bonchev–Trinajstić information content (AvgIpc) is 2.48. The molecule has 2 saturated heterocycles. The van der Waals surface area contributed by atoms with Crippen molar-refractivity contribution in [2.24, 2.45) is 5.92 Å². The minimum atomic E-state index is -0.0147. The Labute approximate surface area is 133 Å². The Bertz CT molecular complexity index is 349. The van der Waals surface area contributed by atoms with Crippen LogP contribution in [0.4, 0.5) is 0 Å². The minimum Gasteiger partial charge on any atom is -0.352 e. The summed E-state index contributed by atoms with van der Waals surface area (Å²) < 4.78 is 0. The SMILES string of the molecule is CC(C)C(=O)N1CCC(NC(=O)[C@@H]2CCCCN2)CC1.Cl. The van der Waals surface area contributed by atoms with Crippen LogP contribution in [0, 0.1) is 5.92 Å². The van der Waals surface area contributed by atoms with Gasteiger partial charge in [0.05, 0.1) is 6.04 Å². The lowest BCUT2D eigenvalue weighted by atomic mass is 10.0. The number of nitrogens with one attached hydrogen (secondary N) is 2. The summed E-state index contributed by atoms with van der Waals surface area (Å²) in [7, 11) is 0. The molecule has 0 aromatic rings. The van der Waals surface area contributed by atoms with Gasteiger partial charge in [-0.05, 0) is 32.2 Å².